The third-order valence-corrected chi connectivity index (χ3v) is 9.67. The van der Waals surface area contributed by atoms with Crippen LogP contribution in [0.5, 0.6) is 5.75 Å². The Hall–Kier alpha value is -4.00. The fraction of sp³-hybridized carbons (Fsp3) is 0.562. The van der Waals surface area contributed by atoms with Gasteiger partial charge in [0.1, 0.15) is 34.9 Å². The number of hydrogen-bond donors (Lipinski definition) is 4. The van der Waals surface area contributed by atoms with E-state index in [1.807, 2.05) is 13.8 Å². The Bertz CT molecular complexity index is 1400. The maximum Gasteiger partial charge on any atom is 0.258 e. The highest BCUT2D eigenvalue weighted by Gasteiger charge is 2.39. The molecule has 12 nitrogen and oxygen atoms in total. The molecule has 6 rings (SSSR count). The van der Waals surface area contributed by atoms with Crippen LogP contribution in [0.25, 0.3) is 0 Å². The summed E-state index contributed by atoms with van der Waals surface area (Å²) in [5.41, 5.74) is 1.88. The van der Waals surface area contributed by atoms with Gasteiger partial charge in [-0.3, -0.25) is 24.0 Å². The van der Waals surface area contributed by atoms with Crippen LogP contribution in [0.2, 0.25) is 0 Å². The lowest BCUT2D eigenvalue weighted by atomic mass is 10.0. The average Bonchev–Trinajstić information content (AvgIpc) is 3.68. The molecule has 4 heterocycles. The van der Waals surface area contributed by atoms with Crippen molar-refractivity contribution in [1.82, 2.24) is 31.2 Å². The summed E-state index contributed by atoms with van der Waals surface area (Å²) in [6.07, 6.45) is 5.48. The summed E-state index contributed by atoms with van der Waals surface area (Å²) < 4.78 is 5.68. The maximum atomic E-state index is 13.5. The summed E-state index contributed by atoms with van der Waals surface area (Å²) in [4.78, 5) is 73.9. The normalized spacial score (nSPS) is 24.8. The van der Waals surface area contributed by atoms with Crippen LogP contribution in [-0.4, -0.2) is 76.7 Å². The number of fused-ring (bicyclic) bond motifs is 14. The second-order valence-electron chi connectivity index (χ2n) is 12.3. The number of benzene rings is 1. The Morgan fingerprint density at radius 2 is 1.80 bits per heavy atom. The number of aryl methyl sites for hydroxylation is 2. The van der Waals surface area contributed by atoms with Gasteiger partial charge in [0.15, 0.2) is 6.61 Å². The molecule has 0 spiro atoms. The molecule has 1 aromatic carbocycles. The smallest absolute Gasteiger partial charge is 0.258 e. The van der Waals surface area contributed by atoms with E-state index in [-0.39, 0.29) is 37.3 Å². The first-order chi connectivity index (χ1) is 21.6. The van der Waals surface area contributed by atoms with E-state index in [1.54, 1.807) is 42.5 Å². The van der Waals surface area contributed by atoms with E-state index in [4.69, 9.17) is 9.72 Å². The first-order valence-corrected chi connectivity index (χ1v) is 16.6. The van der Waals surface area contributed by atoms with Crippen molar-refractivity contribution in [2.45, 2.75) is 96.4 Å². The number of ether oxygens (including phenoxy) is 1. The van der Waals surface area contributed by atoms with Gasteiger partial charge in [-0.2, -0.15) is 0 Å². The summed E-state index contributed by atoms with van der Waals surface area (Å²) in [6, 6.07) is 3.41. The minimum Gasteiger partial charge on any atom is -0.484 e. The molecule has 4 aliphatic rings. The largest absolute Gasteiger partial charge is 0.484 e. The van der Waals surface area contributed by atoms with Gasteiger partial charge in [0.25, 0.3) is 5.91 Å². The molecule has 13 heteroatoms. The molecular weight excluding hydrogens is 596 g/mol. The van der Waals surface area contributed by atoms with Crippen LogP contribution >= 0.6 is 11.3 Å². The zero-order valence-corrected chi connectivity index (χ0v) is 26.8. The molecular formula is C32H42N6O6S. The summed E-state index contributed by atoms with van der Waals surface area (Å²) >= 11 is 1.62. The molecule has 3 aliphatic heterocycles. The fourth-order valence-electron chi connectivity index (χ4n) is 5.96. The predicted molar refractivity (Wildman–Crippen MR) is 167 cm³/mol. The van der Waals surface area contributed by atoms with Crippen LogP contribution in [0.1, 0.15) is 67.6 Å². The summed E-state index contributed by atoms with van der Waals surface area (Å²) in [5, 5.41) is 12.1. The Morgan fingerprint density at radius 3 is 2.53 bits per heavy atom. The van der Waals surface area contributed by atoms with Gasteiger partial charge in [-0.05, 0) is 69.1 Å². The number of carbonyl (C=O) groups is 5. The lowest BCUT2D eigenvalue weighted by molar-refractivity contribution is -0.143. The molecule has 4 atom stereocenters. The molecule has 2 bridgehead atoms. The van der Waals surface area contributed by atoms with Gasteiger partial charge in [-0.15, -0.1) is 11.3 Å². The van der Waals surface area contributed by atoms with Crippen molar-refractivity contribution in [3.63, 3.8) is 0 Å². The van der Waals surface area contributed by atoms with E-state index in [0.717, 1.165) is 41.9 Å². The van der Waals surface area contributed by atoms with Crippen molar-refractivity contribution in [3.8, 4) is 5.75 Å². The Kier molecular flexibility index (Phi) is 10.4. The van der Waals surface area contributed by atoms with Gasteiger partial charge >= 0.3 is 0 Å². The van der Waals surface area contributed by atoms with Gasteiger partial charge < -0.3 is 30.9 Å². The van der Waals surface area contributed by atoms with Gasteiger partial charge in [0.05, 0.1) is 12.2 Å². The number of thiazole rings is 1. The highest BCUT2D eigenvalue weighted by molar-refractivity contribution is 7.11. The second-order valence-corrected chi connectivity index (χ2v) is 13.5. The zero-order valence-electron chi connectivity index (χ0n) is 26.0. The maximum absolute atomic E-state index is 13.5. The molecule has 0 unspecified atom stereocenters. The van der Waals surface area contributed by atoms with Crippen molar-refractivity contribution in [3.05, 3.63) is 45.4 Å². The Morgan fingerprint density at radius 1 is 1.04 bits per heavy atom. The number of nitrogens with one attached hydrogen (secondary N) is 4. The van der Waals surface area contributed by atoms with E-state index >= 15 is 0 Å². The van der Waals surface area contributed by atoms with Gasteiger partial charge in [0, 0.05) is 17.8 Å². The van der Waals surface area contributed by atoms with Gasteiger partial charge in [0.2, 0.25) is 23.6 Å². The molecule has 1 aliphatic carbocycles. The first kappa shape index (κ1) is 32.4. The van der Waals surface area contributed by atoms with E-state index in [1.165, 1.54) is 9.78 Å². The van der Waals surface area contributed by atoms with E-state index in [0.29, 0.717) is 25.1 Å². The Balaban J connectivity index is 1.34. The van der Waals surface area contributed by atoms with Gasteiger partial charge in [-0.25, -0.2) is 4.98 Å². The van der Waals surface area contributed by atoms with Crippen molar-refractivity contribution >= 4 is 40.9 Å². The molecule has 0 radical (unpaired) electrons. The number of carbonyl (C=O) groups excluding carboxylic acids is 5. The number of aromatic nitrogens is 1. The van der Waals surface area contributed by atoms with Crippen LogP contribution in [0.15, 0.2) is 24.3 Å². The molecule has 1 saturated heterocycles. The van der Waals surface area contributed by atoms with Crippen LogP contribution < -0.4 is 26.0 Å². The lowest BCUT2D eigenvalue weighted by Crippen LogP contribution is -2.58. The van der Waals surface area contributed by atoms with Crippen LogP contribution in [0.3, 0.4) is 0 Å². The average molecular weight is 639 g/mol. The van der Waals surface area contributed by atoms with Crippen molar-refractivity contribution in [2.75, 3.05) is 13.2 Å². The molecule has 4 N–H and O–H groups in total. The number of hydrogen-bond acceptors (Lipinski definition) is 8. The third kappa shape index (κ3) is 7.99. The minimum absolute atomic E-state index is 0.189. The van der Waals surface area contributed by atoms with Crippen LogP contribution in [0, 0.1) is 5.92 Å². The van der Waals surface area contributed by atoms with E-state index in [9.17, 15) is 24.0 Å². The highest BCUT2D eigenvalue weighted by Crippen LogP contribution is 2.26. The molecule has 2 aromatic rings. The number of nitrogens with zero attached hydrogens (tertiary/aromatic N) is 2. The standard InChI is InChI=1S/C32H42N6O6S/c1-18(2)28-32(43)38-14-6-8-24(38)31(42)34-19(3)29(40)36-23(15-20-10-12-21(13-11-20)44-17-26(39)37-28)30(41)33-16-27-35-22-7-4-5-9-25(22)45-27/h10-13,18-19,23-24,28H,4-9,14-17H2,1-3H3,(H,33,41)(H,34,42)(H,36,40)(H,37,39)/t19-,23-,24+,28-/m0/s1. The zero-order chi connectivity index (χ0) is 32.1. The molecule has 1 aromatic heterocycles. The van der Waals surface area contributed by atoms with Crippen molar-refractivity contribution in [2.24, 2.45) is 5.92 Å². The molecule has 45 heavy (non-hydrogen) atoms. The first-order valence-electron chi connectivity index (χ1n) is 15.8. The van der Waals surface area contributed by atoms with Crippen LogP contribution in [0.4, 0.5) is 0 Å². The minimum atomic E-state index is -0.963. The van der Waals surface area contributed by atoms with E-state index in [2.05, 4.69) is 21.3 Å². The lowest BCUT2D eigenvalue weighted by Gasteiger charge is -2.31. The highest BCUT2D eigenvalue weighted by atomic mass is 32.1. The number of amides is 5. The van der Waals surface area contributed by atoms with Gasteiger partial charge in [-0.1, -0.05) is 26.0 Å². The second kappa shape index (κ2) is 14.4. The van der Waals surface area contributed by atoms with Crippen molar-refractivity contribution < 1.29 is 28.7 Å². The molecule has 242 valence electrons. The summed E-state index contributed by atoms with van der Waals surface area (Å²) in [6.45, 7) is 5.53. The molecule has 1 fully saturated rings. The summed E-state index contributed by atoms with van der Waals surface area (Å²) in [5.74, 6) is -1.94. The monoisotopic (exact) mass is 638 g/mol. The summed E-state index contributed by atoms with van der Waals surface area (Å²) in [7, 11) is 0. The molecule has 0 saturated carbocycles. The number of rotatable bonds is 4. The predicted octanol–water partition coefficient (Wildman–Crippen LogP) is 1.39. The topological polar surface area (TPSA) is 159 Å². The third-order valence-electron chi connectivity index (χ3n) is 8.51. The van der Waals surface area contributed by atoms with Crippen LogP contribution in [-0.2, 0) is 49.8 Å². The molecule has 5 amide bonds. The SMILES string of the molecule is CC(C)[C@@H]1NC(=O)COc2ccc(cc2)C[C@@H](C(=O)NCc2nc3c(s2)CCCC3)NC(=O)[C@H](C)NC(=O)[C@H]2CCCN2C1=O. The fourth-order valence-corrected chi connectivity index (χ4v) is 7.06. The Labute approximate surface area is 267 Å². The van der Waals surface area contributed by atoms with E-state index < -0.39 is 41.9 Å². The van der Waals surface area contributed by atoms with Crippen molar-refractivity contribution in [1.29, 1.82) is 0 Å². The quantitative estimate of drug-likeness (QED) is 0.394.